The molecule has 2 atom stereocenters. The Morgan fingerprint density at radius 2 is 1.83 bits per heavy atom. The van der Waals surface area contributed by atoms with Gasteiger partial charge in [0.2, 0.25) is 5.91 Å². The maximum atomic E-state index is 12.8. The number of furan rings is 1. The van der Waals surface area contributed by atoms with E-state index in [1.807, 2.05) is 30.3 Å². The monoisotopic (exact) mass is 412 g/mol. The van der Waals surface area contributed by atoms with Crippen LogP contribution in [0.1, 0.15) is 48.2 Å². The number of rotatable bonds is 9. The normalized spacial score (nSPS) is 18.4. The molecule has 0 bridgehead atoms. The first-order chi connectivity index (χ1) is 14.5. The quantitative estimate of drug-likeness (QED) is 0.611. The SMILES string of the molecule is O=C(NC1C(=O)C[C@@H](C(=O)O)N1C(=O)CCCCCc1ccccc1)c1ccco1. The van der Waals surface area contributed by atoms with Crippen LogP contribution in [0.2, 0.25) is 0 Å². The average Bonchev–Trinajstić information content (AvgIpc) is 3.37. The molecule has 1 unspecified atom stereocenters. The van der Waals surface area contributed by atoms with Gasteiger partial charge in [0.25, 0.3) is 5.91 Å². The highest BCUT2D eigenvalue weighted by Crippen LogP contribution is 2.23. The van der Waals surface area contributed by atoms with Crippen LogP contribution in [0, 0.1) is 0 Å². The van der Waals surface area contributed by atoms with E-state index in [9.17, 15) is 24.3 Å². The van der Waals surface area contributed by atoms with Gasteiger partial charge in [-0.05, 0) is 37.0 Å². The minimum Gasteiger partial charge on any atom is -0.480 e. The number of carboxylic acids is 1. The molecule has 0 spiro atoms. The Bertz CT molecular complexity index is 894. The topological polar surface area (TPSA) is 117 Å². The largest absolute Gasteiger partial charge is 0.480 e. The van der Waals surface area contributed by atoms with Crippen molar-refractivity contribution in [3.8, 4) is 0 Å². The molecule has 8 nitrogen and oxygen atoms in total. The van der Waals surface area contributed by atoms with E-state index in [-0.39, 0.29) is 18.6 Å². The number of nitrogens with one attached hydrogen (secondary N) is 1. The van der Waals surface area contributed by atoms with Gasteiger partial charge in [-0.3, -0.25) is 14.4 Å². The van der Waals surface area contributed by atoms with E-state index in [0.717, 1.165) is 24.2 Å². The van der Waals surface area contributed by atoms with Gasteiger partial charge in [-0.2, -0.15) is 0 Å². The molecule has 1 fully saturated rings. The van der Waals surface area contributed by atoms with E-state index < -0.39 is 35.8 Å². The first kappa shape index (κ1) is 21.3. The number of carbonyl (C=O) groups excluding carboxylic acids is 3. The minimum absolute atomic E-state index is 0.0186. The first-order valence-corrected chi connectivity index (χ1v) is 9.92. The summed E-state index contributed by atoms with van der Waals surface area (Å²) in [6.07, 6.45) is 2.95. The maximum Gasteiger partial charge on any atom is 0.326 e. The van der Waals surface area contributed by atoms with Gasteiger partial charge in [0.15, 0.2) is 17.7 Å². The third-order valence-electron chi connectivity index (χ3n) is 5.10. The number of nitrogens with zero attached hydrogens (tertiary/aromatic N) is 1. The van der Waals surface area contributed by atoms with Crippen molar-refractivity contribution in [3.05, 3.63) is 60.1 Å². The summed E-state index contributed by atoms with van der Waals surface area (Å²) < 4.78 is 5.00. The van der Waals surface area contributed by atoms with E-state index >= 15 is 0 Å². The zero-order valence-electron chi connectivity index (χ0n) is 16.5. The average molecular weight is 412 g/mol. The maximum absolute atomic E-state index is 12.8. The predicted molar refractivity (Wildman–Crippen MR) is 106 cm³/mol. The Labute approximate surface area is 173 Å². The third kappa shape index (κ3) is 5.14. The molecule has 3 rings (SSSR count). The second kappa shape index (κ2) is 9.87. The summed E-state index contributed by atoms with van der Waals surface area (Å²) in [4.78, 5) is 49.9. The molecule has 8 heteroatoms. The lowest BCUT2D eigenvalue weighted by Crippen LogP contribution is -2.53. The van der Waals surface area contributed by atoms with Crippen LogP contribution in [0.25, 0.3) is 0 Å². The molecule has 0 aliphatic carbocycles. The highest BCUT2D eigenvalue weighted by molar-refractivity contribution is 6.02. The first-order valence-electron chi connectivity index (χ1n) is 9.92. The molecule has 1 saturated heterocycles. The van der Waals surface area contributed by atoms with Crippen LogP contribution in [0.5, 0.6) is 0 Å². The number of Topliss-reactive ketones (excluding diaryl/α,β-unsaturated/α-hetero) is 1. The fourth-order valence-corrected chi connectivity index (χ4v) is 3.57. The fourth-order valence-electron chi connectivity index (χ4n) is 3.57. The van der Waals surface area contributed by atoms with Crippen molar-refractivity contribution < 1.29 is 28.7 Å². The number of carboxylic acid groups (broad SMARTS) is 1. The van der Waals surface area contributed by atoms with Gasteiger partial charge in [-0.15, -0.1) is 0 Å². The number of aryl methyl sites for hydroxylation is 1. The Morgan fingerprint density at radius 1 is 1.07 bits per heavy atom. The molecule has 0 saturated carbocycles. The van der Waals surface area contributed by atoms with Gasteiger partial charge >= 0.3 is 5.97 Å². The summed E-state index contributed by atoms with van der Waals surface area (Å²) in [5, 5.41) is 11.9. The van der Waals surface area contributed by atoms with E-state index in [1.54, 1.807) is 0 Å². The van der Waals surface area contributed by atoms with Crippen molar-refractivity contribution >= 4 is 23.6 Å². The van der Waals surface area contributed by atoms with Crippen LogP contribution in [0.15, 0.2) is 53.1 Å². The second-order valence-corrected chi connectivity index (χ2v) is 7.23. The predicted octanol–water partition coefficient (Wildman–Crippen LogP) is 2.39. The summed E-state index contributed by atoms with van der Waals surface area (Å²) >= 11 is 0. The third-order valence-corrected chi connectivity index (χ3v) is 5.10. The Morgan fingerprint density at radius 3 is 2.50 bits per heavy atom. The number of amides is 2. The van der Waals surface area contributed by atoms with E-state index in [1.165, 1.54) is 24.0 Å². The number of hydrogen-bond donors (Lipinski definition) is 2. The van der Waals surface area contributed by atoms with Crippen LogP contribution in [-0.4, -0.2) is 45.8 Å². The second-order valence-electron chi connectivity index (χ2n) is 7.23. The Balaban J connectivity index is 1.57. The molecule has 30 heavy (non-hydrogen) atoms. The zero-order valence-corrected chi connectivity index (χ0v) is 16.5. The molecule has 1 aliphatic heterocycles. The smallest absolute Gasteiger partial charge is 0.326 e. The number of carbonyl (C=O) groups is 4. The molecule has 2 heterocycles. The molecule has 0 radical (unpaired) electrons. The van der Waals surface area contributed by atoms with Gasteiger partial charge < -0.3 is 19.7 Å². The summed E-state index contributed by atoms with van der Waals surface area (Å²) in [6.45, 7) is 0. The van der Waals surface area contributed by atoms with Crippen molar-refractivity contribution in [2.45, 2.75) is 50.7 Å². The molecular weight excluding hydrogens is 388 g/mol. The van der Waals surface area contributed by atoms with E-state index in [0.29, 0.717) is 6.42 Å². The van der Waals surface area contributed by atoms with Crippen molar-refractivity contribution in [2.75, 3.05) is 0 Å². The van der Waals surface area contributed by atoms with Crippen molar-refractivity contribution in [2.24, 2.45) is 0 Å². The van der Waals surface area contributed by atoms with E-state index in [4.69, 9.17) is 4.42 Å². The Kier molecular flexibility index (Phi) is 7.00. The van der Waals surface area contributed by atoms with Gasteiger partial charge in [0.05, 0.1) is 6.26 Å². The lowest BCUT2D eigenvalue weighted by atomic mass is 10.1. The van der Waals surface area contributed by atoms with Crippen molar-refractivity contribution in [1.29, 1.82) is 0 Å². The number of likely N-dealkylation sites (tertiary alicyclic amines) is 1. The molecule has 158 valence electrons. The molecule has 2 N–H and O–H groups in total. The minimum atomic E-state index is -1.31. The highest BCUT2D eigenvalue weighted by atomic mass is 16.4. The molecule has 2 aromatic rings. The van der Waals surface area contributed by atoms with Gasteiger partial charge in [0, 0.05) is 12.8 Å². The molecule has 1 aromatic heterocycles. The standard InChI is InChI=1S/C22H24N2O6/c25-17-14-16(22(28)29)24(20(17)23-21(27)18-11-7-13-30-18)19(26)12-6-2-5-10-15-8-3-1-4-9-15/h1,3-4,7-9,11,13,16,20H,2,5-6,10,12,14H2,(H,23,27)(H,28,29)/t16-,20?/m0/s1. The molecule has 1 aliphatic rings. The van der Waals surface area contributed by atoms with Crippen LogP contribution >= 0.6 is 0 Å². The highest BCUT2D eigenvalue weighted by Gasteiger charge is 2.47. The van der Waals surface area contributed by atoms with Gasteiger partial charge in [-0.1, -0.05) is 36.8 Å². The van der Waals surface area contributed by atoms with Crippen LogP contribution < -0.4 is 5.32 Å². The lowest BCUT2D eigenvalue weighted by molar-refractivity contribution is -0.150. The van der Waals surface area contributed by atoms with Crippen LogP contribution in [-0.2, 0) is 20.8 Å². The zero-order chi connectivity index (χ0) is 21.5. The van der Waals surface area contributed by atoms with Crippen molar-refractivity contribution in [1.82, 2.24) is 10.2 Å². The number of hydrogen-bond acceptors (Lipinski definition) is 5. The number of unbranched alkanes of at least 4 members (excludes halogenated alkanes) is 2. The van der Waals surface area contributed by atoms with Gasteiger partial charge in [-0.25, -0.2) is 4.79 Å². The number of benzene rings is 1. The summed E-state index contributed by atoms with van der Waals surface area (Å²) in [6, 6.07) is 11.7. The van der Waals surface area contributed by atoms with Crippen LogP contribution in [0.4, 0.5) is 0 Å². The van der Waals surface area contributed by atoms with Crippen molar-refractivity contribution in [3.63, 3.8) is 0 Å². The molecule has 2 amide bonds. The summed E-state index contributed by atoms with van der Waals surface area (Å²) in [5.41, 5.74) is 1.22. The lowest BCUT2D eigenvalue weighted by Gasteiger charge is -2.27. The van der Waals surface area contributed by atoms with Gasteiger partial charge in [0.1, 0.15) is 6.04 Å². The molecule has 1 aromatic carbocycles. The number of aliphatic carboxylic acids is 1. The summed E-state index contributed by atoms with van der Waals surface area (Å²) in [5.74, 6) is -2.94. The number of ketones is 1. The fraction of sp³-hybridized carbons (Fsp3) is 0.364. The van der Waals surface area contributed by atoms with E-state index in [2.05, 4.69) is 5.32 Å². The molecular formula is C22H24N2O6. The van der Waals surface area contributed by atoms with Crippen LogP contribution in [0.3, 0.4) is 0 Å². The summed E-state index contributed by atoms with van der Waals surface area (Å²) in [7, 11) is 0. The Hall–Kier alpha value is -3.42.